The molecule has 1 saturated heterocycles. The van der Waals surface area contributed by atoms with E-state index < -0.39 is 0 Å². The molecule has 0 spiro atoms. The van der Waals surface area contributed by atoms with Crippen LogP contribution in [0.4, 0.5) is 4.79 Å². The highest BCUT2D eigenvalue weighted by Gasteiger charge is 2.43. The van der Waals surface area contributed by atoms with E-state index in [1.807, 2.05) is 17.0 Å². The Kier molecular flexibility index (Phi) is 4.33. The molecule has 5 heteroatoms. The lowest BCUT2D eigenvalue weighted by Gasteiger charge is -2.34. The Morgan fingerprint density at radius 3 is 2.43 bits per heavy atom. The fraction of sp³-hybridized carbons (Fsp3) is 0.611. The van der Waals surface area contributed by atoms with E-state index in [2.05, 4.69) is 33.4 Å². The highest BCUT2D eigenvalue weighted by Crippen LogP contribution is 2.44. The Morgan fingerprint density at radius 1 is 1.17 bits per heavy atom. The minimum Gasteiger partial charge on any atom is -0.370 e. The van der Waals surface area contributed by atoms with Crippen LogP contribution in [0.2, 0.25) is 0 Å². The molecule has 2 aliphatic carbocycles. The number of hydrogen-bond acceptors (Lipinski definition) is 2. The lowest BCUT2D eigenvalue weighted by molar-refractivity contribution is -0.0159. The van der Waals surface area contributed by atoms with Crippen LogP contribution in [0.3, 0.4) is 0 Å². The number of benzene rings is 1. The van der Waals surface area contributed by atoms with Gasteiger partial charge >= 0.3 is 6.03 Å². The van der Waals surface area contributed by atoms with Crippen molar-refractivity contribution in [3.63, 3.8) is 0 Å². The smallest absolute Gasteiger partial charge is 0.317 e. The highest BCUT2D eigenvalue weighted by atomic mass is 79.9. The lowest BCUT2D eigenvalue weighted by atomic mass is 10.1. The maximum atomic E-state index is 12.7. The maximum absolute atomic E-state index is 12.7. The molecule has 2 amide bonds. The molecular formula is C18H23BrN2O2. The monoisotopic (exact) mass is 378 g/mol. The van der Waals surface area contributed by atoms with Gasteiger partial charge in [-0.15, -0.1) is 0 Å². The second-order valence-corrected chi connectivity index (χ2v) is 7.92. The van der Waals surface area contributed by atoms with Crippen LogP contribution >= 0.6 is 15.9 Å². The maximum Gasteiger partial charge on any atom is 0.317 e. The predicted molar refractivity (Wildman–Crippen MR) is 92.2 cm³/mol. The van der Waals surface area contributed by atoms with Gasteiger partial charge in [-0.25, -0.2) is 4.79 Å². The normalized spacial score (nSPS) is 24.8. The molecule has 23 heavy (non-hydrogen) atoms. The van der Waals surface area contributed by atoms with Crippen molar-refractivity contribution in [2.45, 2.75) is 37.8 Å². The minimum atomic E-state index is -0.0251. The Morgan fingerprint density at radius 2 is 1.83 bits per heavy atom. The van der Waals surface area contributed by atoms with Gasteiger partial charge in [0.15, 0.2) is 0 Å². The highest BCUT2D eigenvalue weighted by molar-refractivity contribution is 9.10. The summed E-state index contributed by atoms with van der Waals surface area (Å²) in [4.78, 5) is 14.6. The molecule has 0 aromatic heterocycles. The van der Waals surface area contributed by atoms with Crippen molar-refractivity contribution >= 4 is 22.0 Å². The molecule has 1 aromatic rings. The van der Waals surface area contributed by atoms with Gasteiger partial charge in [0.2, 0.25) is 0 Å². The van der Waals surface area contributed by atoms with E-state index in [4.69, 9.17) is 4.74 Å². The number of nitrogens with zero attached hydrogens (tertiary/aromatic N) is 1. The number of nitrogens with one attached hydrogen (secondary N) is 1. The molecule has 0 unspecified atom stereocenters. The van der Waals surface area contributed by atoms with E-state index in [1.165, 1.54) is 25.7 Å². The summed E-state index contributed by atoms with van der Waals surface area (Å²) in [5.74, 6) is 1.46. The minimum absolute atomic E-state index is 0.0251. The fourth-order valence-corrected chi connectivity index (χ4v) is 3.74. The van der Waals surface area contributed by atoms with Crippen molar-refractivity contribution in [2.24, 2.45) is 11.8 Å². The molecule has 1 atom stereocenters. The molecule has 0 bridgehead atoms. The van der Waals surface area contributed by atoms with Crippen LogP contribution in [0.5, 0.6) is 0 Å². The standard InChI is InChI=1S/C18H23BrN2O2/c19-15-7-5-12(6-8-15)16-11-21(9-10-23-16)18(22)20-17(13-1-2-13)14-3-4-14/h5-8,13-14,16-17H,1-4,9-11H2,(H,20,22)/t16-/m0/s1. The molecule has 1 aliphatic heterocycles. The number of rotatable bonds is 4. The van der Waals surface area contributed by atoms with Gasteiger partial charge in [-0.3, -0.25) is 0 Å². The molecule has 0 radical (unpaired) electrons. The average molecular weight is 379 g/mol. The van der Waals surface area contributed by atoms with Crippen molar-refractivity contribution in [2.75, 3.05) is 19.7 Å². The summed E-state index contributed by atoms with van der Waals surface area (Å²) >= 11 is 3.46. The first-order chi connectivity index (χ1) is 11.2. The van der Waals surface area contributed by atoms with Gasteiger partial charge in [-0.05, 0) is 55.2 Å². The zero-order valence-electron chi connectivity index (χ0n) is 13.2. The zero-order valence-corrected chi connectivity index (χ0v) is 14.8. The zero-order chi connectivity index (χ0) is 15.8. The van der Waals surface area contributed by atoms with Gasteiger partial charge in [-0.2, -0.15) is 0 Å². The summed E-state index contributed by atoms with van der Waals surface area (Å²) < 4.78 is 6.93. The van der Waals surface area contributed by atoms with Crippen LogP contribution < -0.4 is 5.32 Å². The molecule has 1 heterocycles. The van der Waals surface area contributed by atoms with Crippen molar-refractivity contribution < 1.29 is 9.53 Å². The van der Waals surface area contributed by atoms with E-state index in [1.54, 1.807) is 0 Å². The Hall–Kier alpha value is -1.07. The Bertz CT molecular complexity index is 557. The van der Waals surface area contributed by atoms with E-state index in [0.29, 0.717) is 25.7 Å². The molecule has 3 fully saturated rings. The summed E-state index contributed by atoms with van der Waals surface area (Å²) in [7, 11) is 0. The van der Waals surface area contributed by atoms with E-state index in [0.717, 1.165) is 21.9 Å². The summed E-state index contributed by atoms with van der Waals surface area (Å²) in [6.07, 6.45) is 5.11. The number of morpholine rings is 1. The number of amides is 2. The van der Waals surface area contributed by atoms with Crippen molar-refractivity contribution in [1.29, 1.82) is 0 Å². The average Bonchev–Trinajstić information content (AvgIpc) is 3.47. The van der Waals surface area contributed by atoms with Gasteiger partial charge < -0.3 is 15.0 Å². The van der Waals surface area contributed by atoms with Crippen LogP contribution in [0, 0.1) is 11.8 Å². The SMILES string of the molecule is O=C(NC(C1CC1)C1CC1)N1CCO[C@H](c2ccc(Br)cc2)C1. The third-order valence-corrected chi connectivity index (χ3v) is 5.67. The summed E-state index contributed by atoms with van der Waals surface area (Å²) in [5, 5.41) is 3.32. The molecule has 4 nitrogen and oxygen atoms in total. The lowest BCUT2D eigenvalue weighted by Crippen LogP contribution is -2.51. The molecule has 1 N–H and O–H groups in total. The van der Waals surface area contributed by atoms with Gasteiger partial charge in [0.05, 0.1) is 13.2 Å². The van der Waals surface area contributed by atoms with E-state index in [9.17, 15) is 4.79 Å². The van der Waals surface area contributed by atoms with Crippen LogP contribution in [-0.2, 0) is 4.74 Å². The molecule has 1 aromatic carbocycles. The van der Waals surface area contributed by atoms with Crippen molar-refractivity contribution in [3.8, 4) is 0 Å². The third-order valence-electron chi connectivity index (χ3n) is 5.15. The van der Waals surface area contributed by atoms with Crippen LogP contribution in [0.1, 0.15) is 37.4 Å². The predicted octanol–water partition coefficient (Wildman–Crippen LogP) is 3.72. The van der Waals surface area contributed by atoms with Gasteiger partial charge in [0.1, 0.15) is 6.10 Å². The topological polar surface area (TPSA) is 41.6 Å². The number of urea groups is 1. The van der Waals surface area contributed by atoms with Crippen molar-refractivity contribution in [3.05, 3.63) is 34.3 Å². The largest absolute Gasteiger partial charge is 0.370 e. The first kappa shape index (κ1) is 15.5. The van der Waals surface area contributed by atoms with E-state index >= 15 is 0 Å². The molecular weight excluding hydrogens is 356 g/mol. The number of carbonyl (C=O) groups is 1. The number of halogens is 1. The third kappa shape index (κ3) is 3.72. The summed E-state index contributed by atoms with van der Waals surface area (Å²) in [6, 6.07) is 8.68. The summed E-state index contributed by atoms with van der Waals surface area (Å²) in [5.41, 5.74) is 1.13. The Balaban J connectivity index is 1.38. The van der Waals surface area contributed by atoms with Crippen LogP contribution in [0.25, 0.3) is 0 Å². The molecule has 4 rings (SSSR count). The van der Waals surface area contributed by atoms with Gasteiger partial charge in [0.25, 0.3) is 0 Å². The number of ether oxygens (including phenoxy) is 1. The molecule has 3 aliphatic rings. The number of hydrogen-bond donors (Lipinski definition) is 1. The van der Waals surface area contributed by atoms with Crippen LogP contribution in [-0.4, -0.2) is 36.7 Å². The molecule has 124 valence electrons. The van der Waals surface area contributed by atoms with Gasteiger partial charge in [0, 0.05) is 17.1 Å². The first-order valence-electron chi connectivity index (χ1n) is 8.63. The first-order valence-corrected chi connectivity index (χ1v) is 9.42. The van der Waals surface area contributed by atoms with Gasteiger partial charge in [-0.1, -0.05) is 28.1 Å². The fourth-order valence-electron chi connectivity index (χ4n) is 3.48. The second kappa shape index (κ2) is 6.44. The van der Waals surface area contributed by atoms with Crippen molar-refractivity contribution in [1.82, 2.24) is 10.2 Å². The quantitative estimate of drug-likeness (QED) is 0.867. The number of carbonyl (C=O) groups excluding carboxylic acids is 1. The Labute approximate surface area is 145 Å². The second-order valence-electron chi connectivity index (χ2n) is 7.01. The van der Waals surface area contributed by atoms with Crippen LogP contribution in [0.15, 0.2) is 28.7 Å². The van der Waals surface area contributed by atoms with E-state index in [-0.39, 0.29) is 12.1 Å². The summed E-state index contributed by atoms with van der Waals surface area (Å²) in [6.45, 7) is 1.92. The molecule has 2 saturated carbocycles.